The number of benzene rings is 2. The molecule has 0 saturated carbocycles. The van der Waals surface area contributed by atoms with E-state index in [1.165, 1.54) is 12.1 Å². The summed E-state index contributed by atoms with van der Waals surface area (Å²) in [4.78, 5) is 27.9. The Hall–Kier alpha value is -3.85. The highest BCUT2D eigenvalue weighted by Crippen LogP contribution is 2.36. The van der Waals surface area contributed by atoms with Gasteiger partial charge in [-0.1, -0.05) is 30.3 Å². The van der Waals surface area contributed by atoms with Crippen LogP contribution in [-0.4, -0.2) is 25.9 Å². The van der Waals surface area contributed by atoms with Crippen molar-refractivity contribution >= 4 is 23.2 Å². The van der Waals surface area contributed by atoms with E-state index in [4.69, 9.17) is 4.42 Å². The summed E-state index contributed by atoms with van der Waals surface area (Å²) in [5, 5.41) is 19.6. The molecular weight excluding hydrogens is 392 g/mol. The number of carbonyl (C=O) groups is 1. The molecule has 142 valence electrons. The van der Waals surface area contributed by atoms with Gasteiger partial charge in [0.15, 0.2) is 5.78 Å². The van der Waals surface area contributed by atoms with Gasteiger partial charge < -0.3 is 4.42 Å². The van der Waals surface area contributed by atoms with Crippen LogP contribution in [0, 0.1) is 10.1 Å². The number of pyridine rings is 1. The third-order valence-corrected chi connectivity index (χ3v) is 4.87. The van der Waals surface area contributed by atoms with Crippen molar-refractivity contribution in [2.75, 3.05) is 0 Å². The number of hydrogen-bond donors (Lipinski definition) is 0. The van der Waals surface area contributed by atoms with Crippen molar-refractivity contribution in [1.29, 1.82) is 0 Å². The molecule has 4 rings (SSSR count). The first kappa shape index (κ1) is 18.5. The highest BCUT2D eigenvalue weighted by molar-refractivity contribution is 7.99. The number of ketones is 1. The lowest BCUT2D eigenvalue weighted by atomic mass is 10.0. The summed E-state index contributed by atoms with van der Waals surface area (Å²) in [6, 6.07) is 16.4. The zero-order chi connectivity index (χ0) is 20.2. The van der Waals surface area contributed by atoms with Crippen molar-refractivity contribution in [3.63, 3.8) is 0 Å². The third-order valence-electron chi connectivity index (χ3n) is 3.97. The first-order chi connectivity index (χ1) is 14.1. The van der Waals surface area contributed by atoms with E-state index < -0.39 is 4.92 Å². The number of nitro benzene ring substituents is 1. The van der Waals surface area contributed by atoms with Crippen LogP contribution < -0.4 is 0 Å². The monoisotopic (exact) mass is 404 g/mol. The van der Waals surface area contributed by atoms with Crippen LogP contribution in [0.3, 0.4) is 0 Å². The number of nitro groups is 1. The van der Waals surface area contributed by atoms with E-state index in [2.05, 4.69) is 15.2 Å². The second kappa shape index (κ2) is 8.03. The fourth-order valence-corrected chi connectivity index (χ4v) is 3.36. The molecule has 8 nitrogen and oxygen atoms in total. The van der Waals surface area contributed by atoms with E-state index in [0.29, 0.717) is 16.0 Å². The van der Waals surface area contributed by atoms with Crippen molar-refractivity contribution in [3.8, 4) is 11.5 Å². The molecular formula is C20H12N4O4S. The molecule has 2 aromatic heterocycles. The molecule has 4 aromatic rings. The largest absolute Gasteiger partial charge is 0.411 e. The molecule has 0 radical (unpaired) electrons. The van der Waals surface area contributed by atoms with Crippen LogP contribution in [0.1, 0.15) is 15.9 Å². The predicted molar refractivity (Wildman–Crippen MR) is 105 cm³/mol. The minimum Gasteiger partial charge on any atom is -0.411 e. The Bertz CT molecular complexity index is 1180. The molecule has 0 amide bonds. The van der Waals surface area contributed by atoms with Crippen molar-refractivity contribution in [3.05, 3.63) is 94.3 Å². The second-order valence-electron chi connectivity index (χ2n) is 5.85. The molecule has 0 atom stereocenters. The average molecular weight is 404 g/mol. The zero-order valence-corrected chi connectivity index (χ0v) is 15.6. The van der Waals surface area contributed by atoms with Crippen LogP contribution in [-0.2, 0) is 0 Å². The highest BCUT2D eigenvalue weighted by Gasteiger charge is 2.21. The van der Waals surface area contributed by atoms with E-state index in [9.17, 15) is 14.9 Å². The van der Waals surface area contributed by atoms with Gasteiger partial charge in [-0.3, -0.25) is 19.9 Å². The molecule has 0 aliphatic rings. The summed E-state index contributed by atoms with van der Waals surface area (Å²) in [5.74, 6) is -0.0268. The Morgan fingerprint density at radius 1 is 1.00 bits per heavy atom. The molecule has 0 unspecified atom stereocenters. The lowest BCUT2D eigenvalue weighted by molar-refractivity contribution is -0.387. The van der Waals surface area contributed by atoms with Gasteiger partial charge in [0.2, 0.25) is 5.89 Å². The number of nitrogens with zero attached hydrogens (tertiary/aromatic N) is 4. The van der Waals surface area contributed by atoms with E-state index in [-0.39, 0.29) is 28.1 Å². The Morgan fingerprint density at radius 2 is 1.83 bits per heavy atom. The van der Waals surface area contributed by atoms with Gasteiger partial charge in [-0.25, -0.2) is 0 Å². The molecule has 0 saturated heterocycles. The number of rotatable bonds is 6. The first-order valence-electron chi connectivity index (χ1n) is 8.42. The highest BCUT2D eigenvalue weighted by atomic mass is 32.2. The molecule has 0 N–H and O–H groups in total. The van der Waals surface area contributed by atoms with E-state index in [1.807, 2.05) is 0 Å². The second-order valence-corrected chi connectivity index (χ2v) is 6.84. The van der Waals surface area contributed by atoms with Crippen molar-refractivity contribution in [1.82, 2.24) is 15.2 Å². The molecule has 0 bridgehead atoms. The standard InChI is InChI=1S/C20H12N4O4S/c25-18(13-5-2-1-3-6-13)14-8-9-17(16(11-14)24(26)27)29-20-23-22-19(28-20)15-7-4-10-21-12-15/h1-12H. The molecule has 0 spiro atoms. The Kier molecular flexibility index (Phi) is 5.12. The number of aromatic nitrogens is 3. The molecule has 0 aliphatic carbocycles. The quantitative estimate of drug-likeness (QED) is 0.264. The van der Waals surface area contributed by atoms with Crippen LogP contribution in [0.15, 0.2) is 87.6 Å². The Balaban J connectivity index is 1.62. The number of carbonyl (C=O) groups excluding carboxylic acids is 1. The summed E-state index contributed by atoms with van der Waals surface area (Å²) in [6.07, 6.45) is 3.20. The van der Waals surface area contributed by atoms with Crippen LogP contribution in [0.5, 0.6) is 0 Å². The summed E-state index contributed by atoms with van der Waals surface area (Å²) in [5.41, 5.74) is 1.12. The molecule has 2 heterocycles. The van der Waals surface area contributed by atoms with E-state index in [0.717, 1.165) is 11.8 Å². The van der Waals surface area contributed by atoms with Gasteiger partial charge in [0.05, 0.1) is 15.4 Å². The van der Waals surface area contributed by atoms with Crippen LogP contribution in [0.25, 0.3) is 11.5 Å². The first-order valence-corrected chi connectivity index (χ1v) is 9.23. The van der Waals surface area contributed by atoms with Crippen LogP contribution >= 0.6 is 11.8 Å². The maximum absolute atomic E-state index is 12.6. The molecule has 0 fully saturated rings. The summed E-state index contributed by atoms with van der Waals surface area (Å²) >= 11 is 0.961. The van der Waals surface area contributed by atoms with Gasteiger partial charge in [-0.2, -0.15) is 0 Å². The molecule has 9 heteroatoms. The fraction of sp³-hybridized carbons (Fsp3) is 0. The van der Waals surface area contributed by atoms with Crippen LogP contribution in [0.2, 0.25) is 0 Å². The van der Waals surface area contributed by atoms with Crippen molar-refractivity contribution in [2.45, 2.75) is 10.1 Å². The van der Waals surface area contributed by atoms with Crippen molar-refractivity contribution < 1.29 is 14.1 Å². The van der Waals surface area contributed by atoms with Gasteiger partial charge in [-0.05, 0) is 36.0 Å². The smallest absolute Gasteiger partial charge is 0.284 e. The fourth-order valence-electron chi connectivity index (χ4n) is 2.59. The molecule has 0 aliphatic heterocycles. The Labute approximate surface area is 168 Å². The predicted octanol–water partition coefficient (Wildman–Crippen LogP) is 4.42. The summed E-state index contributed by atoms with van der Waals surface area (Å²) in [6.45, 7) is 0. The molecule has 29 heavy (non-hydrogen) atoms. The van der Waals surface area contributed by atoms with Gasteiger partial charge in [0.25, 0.3) is 10.9 Å². The van der Waals surface area contributed by atoms with Crippen LogP contribution in [0.4, 0.5) is 5.69 Å². The normalized spacial score (nSPS) is 10.6. The van der Waals surface area contributed by atoms with Crippen molar-refractivity contribution in [2.24, 2.45) is 0 Å². The average Bonchev–Trinajstić information content (AvgIpc) is 3.23. The summed E-state index contributed by atoms with van der Waals surface area (Å²) in [7, 11) is 0. The minimum atomic E-state index is -0.539. The maximum atomic E-state index is 12.6. The van der Waals surface area contributed by atoms with Gasteiger partial charge in [0.1, 0.15) is 0 Å². The van der Waals surface area contributed by atoms with Gasteiger partial charge >= 0.3 is 0 Å². The van der Waals surface area contributed by atoms with Gasteiger partial charge in [0, 0.05) is 29.6 Å². The Morgan fingerprint density at radius 3 is 2.55 bits per heavy atom. The lowest BCUT2D eigenvalue weighted by Crippen LogP contribution is -2.02. The number of hydrogen-bond acceptors (Lipinski definition) is 8. The van der Waals surface area contributed by atoms with E-state index in [1.54, 1.807) is 60.9 Å². The molecule has 2 aromatic carbocycles. The maximum Gasteiger partial charge on any atom is 0.284 e. The van der Waals surface area contributed by atoms with Gasteiger partial charge in [-0.15, -0.1) is 10.2 Å². The topological polar surface area (TPSA) is 112 Å². The lowest BCUT2D eigenvalue weighted by Gasteiger charge is -2.04. The SMILES string of the molecule is O=C(c1ccccc1)c1ccc(Sc2nnc(-c3cccnc3)o2)c([N+](=O)[O-])c1. The minimum absolute atomic E-state index is 0.147. The zero-order valence-electron chi connectivity index (χ0n) is 14.8. The summed E-state index contributed by atoms with van der Waals surface area (Å²) < 4.78 is 5.57. The third kappa shape index (κ3) is 4.04. The van der Waals surface area contributed by atoms with E-state index >= 15 is 0 Å².